The summed E-state index contributed by atoms with van der Waals surface area (Å²) < 4.78 is 5.61. The summed E-state index contributed by atoms with van der Waals surface area (Å²) in [7, 11) is 1.62. The molecule has 3 heteroatoms. The van der Waals surface area contributed by atoms with Crippen LogP contribution in [0.1, 0.15) is 5.56 Å². The molecule has 10 heavy (non-hydrogen) atoms. The van der Waals surface area contributed by atoms with Crippen molar-refractivity contribution in [2.75, 3.05) is 7.11 Å². The van der Waals surface area contributed by atoms with Crippen LogP contribution in [0, 0.1) is 5.21 Å². The normalized spacial score (nSPS) is 9.70. The maximum absolute atomic E-state index is 10.5. The second-order valence-corrected chi connectivity index (χ2v) is 2.00. The molecule has 0 saturated carbocycles. The van der Waals surface area contributed by atoms with E-state index < -0.39 is 0 Å². The van der Waals surface area contributed by atoms with Gasteiger partial charge in [0.15, 0.2) is 12.4 Å². The van der Waals surface area contributed by atoms with Crippen LogP contribution < -0.4 is 4.73 Å². The van der Waals surface area contributed by atoms with Gasteiger partial charge in [0.25, 0.3) is 0 Å². The van der Waals surface area contributed by atoms with E-state index in [9.17, 15) is 5.21 Å². The largest absolute Gasteiger partial charge is 0.619 e. The zero-order chi connectivity index (χ0) is 7.40. The molecular formula is C7H9NO2. The highest BCUT2D eigenvalue weighted by molar-refractivity contribution is 5.05. The maximum Gasteiger partial charge on any atom is 0.180 e. The first kappa shape index (κ1) is 7.02. The van der Waals surface area contributed by atoms with Crippen LogP contribution in [0.4, 0.5) is 0 Å². The molecular weight excluding hydrogens is 130 g/mol. The van der Waals surface area contributed by atoms with E-state index in [1.807, 2.05) is 0 Å². The summed E-state index contributed by atoms with van der Waals surface area (Å²) in [6.07, 6.45) is 2.91. The van der Waals surface area contributed by atoms with Gasteiger partial charge in [0, 0.05) is 19.2 Å². The van der Waals surface area contributed by atoms with Crippen molar-refractivity contribution in [2.45, 2.75) is 6.61 Å². The van der Waals surface area contributed by atoms with E-state index in [1.54, 1.807) is 19.2 Å². The zero-order valence-electron chi connectivity index (χ0n) is 5.78. The standard InChI is InChI=1S/C7H9NO2/c1-10-6-7-2-4-8(9)5-3-7/h2-5H,6H2,1H3. The monoisotopic (exact) mass is 139 g/mol. The fourth-order valence-corrected chi connectivity index (χ4v) is 0.707. The predicted octanol–water partition coefficient (Wildman–Crippen LogP) is 0.466. The van der Waals surface area contributed by atoms with Gasteiger partial charge in [0.2, 0.25) is 0 Å². The Morgan fingerprint density at radius 1 is 1.50 bits per heavy atom. The second-order valence-electron chi connectivity index (χ2n) is 2.00. The molecule has 1 rings (SSSR count). The van der Waals surface area contributed by atoms with Gasteiger partial charge in [-0.25, -0.2) is 0 Å². The summed E-state index contributed by atoms with van der Waals surface area (Å²) in [6.45, 7) is 0.556. The molecule has 0 aromatic carbocycles. The van der Waals surface area contributed by atoms with Crippen LogP contribution in [0.25, 0.3) is 0 Å². The molecule has 0 bridgehead atoms. The lowest BCUT2D eigenvalue weighted by Gasteiger charge is -1.97. The summed E-state index contributed by atoms with van der Waals surface area (Å²) in [5.74, 6) is 0. The van der Waals surface area contributed by atoms with E-state index in [4.69, 9.17) is 4.74 Å². The Bertz CT molecular complexity index is 195. The summed E-state index contributed by atoms with van der Waals surface area (Å²) in [5.41, 5.74) is 1.01. The predicted molar refractivity (Wildman–Crippen MR) is 36.1 cm³/mol. The highest BCUT2D eigenvalue weighted by Gasteiger charge is 1.91. The molecule has 1 heterocycles. The third-order valence-corrected chi connectivity index (χ3v) is 1.18. The molecule has 0 aliphatic carbocycles. The van der Waals surface area contributed by atoms with Crippen LogP contribution in [-0.2, 0) is 11.3 Å². The Hall–Kier alpha value is -1.09. The van der Waals surface area contributed by atoms with Gasteiger partial charge in [-0.2, -0.15) is 4.73 Å². The first-order chi connectivity index (χ1) is 4.83. The molecule has 1 aromatic heterocycles. The van der Waals surface area contributed by atoms with Crippen molar-refractivity contribution in [2.24, 2.45) is 0 Å². The summed E-state index contributed by atoms with van der Waals surface area (Å²) >= 11 is 0. The Balaban J connectivity index is 2.69. The SMILES string of the molecule is COCc1cc[n+]([O-])cc1. The van der Waals surface area contributed by atoms with Gasteiger partial charge in [-0.3, -0.25) is 0 Å². The average molecular weight is 139 g/mol. The Morgan fingerprint density at radius 3 is 2.60 bits per heavy atom. The number of hydrogen-bond acceptors (Lipinski definition) is 2. The molecule has 0 N–H and O–H groups in total. The van der Waals surface area contributed by atoms with Gasteiger partial charge in [0.05, 0.1) is 6.61 Å². The fraction of sp³-hybridized carbons (Fsp3) is 0.286. The number of pyridine rings is 1. The number of aromatic nitrogens is 1. The highest BCUT2D eigenvalue weighted by Crippen LogP contribution is 1.95. The van der Waals surface area contributed by atoms with Gasteiger partial charge in [0.1, 0.15) is 0 Å². The lowest BCUT2D eigenvalue weighted by atomic mass is 10.3. The van der Waals surface area contributed by atoms with Gasteiger partial charge < -0.3 is 9.94 Å². The summed E-state index contributed by atoms with van der Waals surface area (Å²) in [4.78, 5) is 0. The number of rotatable bonds is 2. The first-order valence-corrected chi connectivity index (χ1v) is 2.99. The van der Waals surface area contributed by atoms with Crippen molar-refractivity contribution in [3.63, 3.8) is 0 Å². The van der Waals surface area contributed by atoms with Crippen molar-refractivity contribution >= 4 is 0 Å². The van der Waals surface area contributed by atoms with E-state index in [-0.39, 0.29) is 0 Å². The van der Waals surface area contributed by atoms with Crippen molar-refractivity contribution in [3.05, 3.63) is 35.3 Å². The average Bonchev–Trinajstić information content (AvgIpc) is 1.95. The number of hydrogen-bond donors (Lipinski definition) is 0. The number of methoxy groups -OCH3 is 1. The van der Waals surface area contributed by atoms with Gasteiger partial charge in [-0.1, -0.05) is 0 Å². The van der Waals surface area contributed by atoms with Crippen molar-refractivity contribution in [1.82, 2.24) is 0 Å². The van der Waals surface area contributed by atoms with Crippen LogP contribution >= 0.6 is 0 Å². The minimum absolute atomic E-state index is 0.556. The first-order valence-electron chi connectivity index (χ1n) is 2.99. The molecule has 0 radical (unpaired) electrons. The molecule has 0 aliphatic rings. The van der Waals surface area contributed by atoms with E-state index in [1.165, 1.54) is 12.4 Å². The molecule has 0 unspecified atom stereocenters. The number of ether oxygens (including phenoxy) is 1. The quantitative estimate of drug-likeness (QED) is 0.441. The highest BCUT2D eigenvalue weighted by atomic mass is 16.5. The van der Waals surface area contributed by atoms with E-state index in [0.29, 0.717) is 6.61 Å². The third kappa shape index (κ3) is 1.70. The minimum Gasteiger partial charge on any atom is -0.619 e. The van der Waals surface area contributed by atoms with Crippen LogP contribution in [0.2, 0.25) is 0 Å². The van der Waals surface area contributed by atoms with Crippen molar-refractivity contribution in [1.29, 1.82) is 0 Å². The van der Waals surface area contributed by atoms with Crippen LogP contribution in [0.5, 0.6) is 0 Å². The molecule has 54 valence electrons. The molecule has 0 fully saturated rings. The van der Waals surface area contributed by atoms with Gasteiger partial charge in [-0.05, 0) is 5.56 Å². The van der Waals surface area contributed by atoms with Gasteiger partial charge in [-0.15, -0.1) is 0 Å². The second kappa shape index (κ2) is 3.17. The van der Waals surface area contributed by atoms with Crippen molar-refractivity contribution in [3.8, 4) is 0 Å². The molecule has 0 spiro atoms. The molecule has 0 amide bonds. The molecule has 1 aromatic rings. The van der Waals surface area contributed by atoms with Crippen LogP contribution in [0.3, 0.4) is 0 Å². The lowest BCUT2D eigenvalue weighted by Crippen LogP contribution is -2.23. The van der Waals surface area contributed by atoms with E-state index in [0.717, 1.165) is 10.3 Å². The smallest absolute Gasteiger partial charge is 0.180 e. The Morgan fingerprint density at radius 2 is 2.10 bits per heavy atom. The lowest BCUT2D eigenvalue weighted by molar-refractivity contribution is -0.605. The topological polar surface area (TPSA) is 36.2 Å². The van der Waals surface area contributed by atoms with Crippen LogP contribution in [0.15, 0.2) is 24.5 Å². The maximum atomic E-state index is 10.5. The van der Waals surface area contributed by atoms with Gasteiger partial charge >= 0.3 is 0 Å². The summed E-state index contributed by atoms with van der Waals surface area (Å²) in [5, 5.41) is 10.5. The molecule has 0 atom stereocenters. The Labute approximate surface area is 59.5 Å². The van der Waals surface area contributed by atoms with Crippen LogP contribution in [-0.4, -0.2) is 7.11 Å². The summed E-state index contributed by atoms with van der Waals surface area (Å²) in [6, 6.07) is 3.47. The Kier molecular flexibility index (Phi) is 2.23. The molecule has 0 saturated heterocycles. The van der Waals surface area contributed by atoms with E-state index in [2.05, 4.69) is 0 Å². The number of nitrogens with zero attached hydrogens (tertiary/aromatic N) is 1. The van der Waals surface area contributed by atoms with E-state index >= 15 is 0 Å². The van der Waals surface area contributed by atoms with Crippen molar-refractivity contribution < 1.29 is 9.47 Å². The molecule has 3 nitrogen and oxygen atoms in total. The third-order valence-electron chi connectivity index (χ3n) is 1.18. The zero-order valence-corrected chi connectivity index (χ0v) is 5.78. The fourth-order valence-electron chi connectivity index (χ4n) is 0.707. The minimum atomic E-state index is 0.556. The molecule has 0 aliphatic heterocycles.